The van der Waals surface area contributed by atoms with Crippen LogP contribution >= 0.6 is 0 Å². The van der Waals surface area contributed by atoms with Crippen LogP contribution in [0.15, 0.2) is 35.9 Å². The minimum atomic E-state index is 0.135. The van der Waals surface area contributed by atoms with Crippen LogP contribution in [-0.2, 0) is 4.74 Å². The summed E-state index contributed by atoms with van der Waals surface area (Å²) in [5.74, 6) is 2.70. The minimum Gasteiger partial charge on any atom is -0.508 e. The summed E-state index contributed by atoms with van der Waals surface area (Å²) in [5.41, 5.74) is 2.63. The Balaban J connectivity index is 1.96. The van der Waals surface area contributed by atoms with Crippen molar-refractivity contribution in [3.8, 4) is 5.75 Å². The molecule has 0 aromatic heterocycles. The third-order valence-electron chi connectivity index (χ3n) is 4.98. The maximum atomic E-state index is 9.42. The first kappa shape index (κ1) is 12.7. The van der Waals surface area contributed by atoms with Gasteiger partial charge in [0.15, 0.2) is 0 Å². The highest BCUT2D eigenvalue weighted by Crippen LogP contribution is 2.49. The van der Waals surface area contributed by atoms with Crippen LogP contribution in [0.3, 0.4) is 0 Å². The third-order valence-corrected chi connectivity index (χ3v) is 4.98. The number of hydrogen-bond acceptors (Lipinski definition) is 2. The maximum absolute atomic E-state index is 9.42. The van der Waals surface area contributed by atoms with Gasteiger partial charge in [0, 0.05) is 5.92 Å². The van der Waals surface area contributed by atoms with E-state index >= 15 is 0 Å². The molecule has 2 aliphatic rings. The number of aromatic hydroxyl groups is 1. The Morgan fingerprint density at radius 2 is 1.84 bits per heavy atom. The van der Waals surface area contributed by atoms with E-state index in [1.165, 1.54) is 11.1 Å². The minimum absolute atomic E-state index is 0.135. The Kier molecular flexibility index (Phi) is 3.14. The van der Waals surface area contributed by atoms with Crippen LogP contribution in [0.25, 0.3) is 0 Å². The van der Waals surface area contributed by atoms with Gasteiger partial charge in [0.05, 0.1) is 12.7 Å². The summed E-state index contributed by atoms with van der Waals surface area (Å²) in [6, 6.07) is 7.47. The van der Waals surface area contributed by atoms with Gasteiger partial charge in [-0.15, -0.1) is 0 Å². The molecule has 1 aliphatic heterocycles. The standard InChI is InChI=1S/C17H22O2/c1-10-8-11(2)16-12(3)15(10)9-19-17(16)13-4-6-14(18)7-5-13/h4-8,10,12,15-18H,9H2,1-3H3/t10?,12?,15-,16+,17?/m0/s1. The second-order valence-electron chi connectivity index (χ2n) is 6.16. The van der Waals surface area contributed by atoms with Gasteiger partial charge in [-0.3, -0.25) is 0 Å². The van der Waals surface area contributed by atoms with E-state index in [1.54, 1.807) is 12.1 Å². The summed E-state index contributed by atoms with van der Waals surface area (Å²) in [6.07, 6.45) is 2.56. The molecule has 2 bridgehead atoms. The van der Waals surface area contributed by atoms with Crippen molar-refractivity contribution in [2.45, 2.75) is 26.9 Å². The summed E-state index contributed by atoms with van der Waals surface area (Å²) in [4.78, 5) is 0. The molecule has 0 saturated carbocycles. The third kappa shape index (κ3) is 2.08. The Morgan fingerprint density at radius 3 is 2.53 bits per heavy atom. The molecule has 102 valence electrons. The molecule has 0 spiro atoms. The summed E-state index contributed by atoms with van der Waals surface area (Å²) in [5, 5.41) is 9.42. The van der Waals surface area contributed by atoms with Gasteiger partial charge >= 0.3 is 0 Å². The molecular formula is C17H22O2. The number of allylic oxidation sites excluding steroid dienone is 1. The number of fused-ring (bicyclic) bond motifs is 2. The molecule has 19 heavy (non-hydrogen) atoms. The van der Waals surface area contributed by atoms with E-state index in [9.17, 15) is 5.11 Å². The maximum Gasteiger partial charge on any atom is 0.115 e. The normalized spacial score (nSPS) is 37.8. The van der Waals surface area contributed by atoms with E-state index in [-0.39, 0.29) is 6.10 Å². The number of hydrogen-bond donors (Lipinski definition) is 1. The van der Waals surface area contributed by atoms with Gasteiger partial charge in [-0.05, 0) is 42.4 Å². The smallest absolute Gasteiger partial charge is 0.115 e. The van der Waals surface area contributed by atoms with E-state index < -0.39 is 0 Å². The van der Waals surface area contributed by atoms with E-state index in [1.807, 2.05) is 12.1 Å². The number of benzene rings is 1. The highest BCUT2D eigenvalue weighted by molar-refractivity contribution is 5.30. The van der Waals surface area contributed by atoms with Crippen LogP contribution in [0.4, 0.5) is 0 Å². The van der Waals surface area contributed by atoms with Gasteiger partial charge in [-0.2, -0.15) is 0 Å². The molecule has 1 aromatic rings. The monoisotopic (exact) mass is 258 g/mol. The lowest BCUT2D eigenvalue weighted by Crippen LogP contribution is -2.42. The highest BCUT2D eigenvalue weighted by atomic mass is 16.5. The van der Waals surface area contributed by atoms with Gasteiger partial charge in [0.25, 0.3) is 0 Å². The first-order valence-corrected chi connectivity index (χ1v) is 7.16. The first-order valence-electron chi connectivity index (χ1n) is 7.16. The van der Waals surface area contributed by atoms with E-state index in [0.29, 0.717) is 29.4 Å². The average Bonchev–Trinajstić information content (AvgIpc) is 2.37. The quantitative estimate of drug-likeness (QED) is 0.773. The summed E-state index contributed by atoms with van der Waals surface area (Å²) in [6.45, 7) is 7.73. The Labute approximate surface area is 115 Å². The fourth-order valence-corrected chi connectivity index (χ4v) is 3.91. The predicted octanol–water partition coefficient (Wildman–Crippen LogP) is 3.93. The van der Waals surface area contributed by atoms with Crippen LogP contribution < -0.4 is 0 Å². The molecule has 1 aliphatic carbocycles. The number of rotatable bonds is 1. The van der Waals surface area contributed by atoms with Crippen molar-refractivity contribution in [3.63, 3.8) is 0 Å². The van der Waals surface area contributed by atoms with Crippen LogP contribution in [0.5, 0.6) is 5.75 Å². The lowest BCUT2D eigenvalue weighted by atomic mass is 9.64. The number of ether oxygens (including phenoxy) is 1. The molecule has 1 N–H and O–H groups in total. The molecule has 1 fully saturated rings. The van der Waals surface area contributed by atoms with Crippen LogP contribution in [-0.4, -0.2) is 11.7 Å². The van der Waals surface area contributed by atoms with Crippen molar-refractivity contribution >= 4 is 0 Å². The zero-order valence-corrected chi connectivity index (χ0v) is 11.8. The largest absolute Gasteiger partial charge is 0.508 e. The van der Waals surface area contributed by atoms with Crippen molar-refractivity contribution in [3.05, 3.63) is 41.5 Å². The molecule has 1 aromatic carbocycles. The van der Waals surface area contributed by atoms with E-state index in [2.05, 4.69) is 26.8 Å². The number of phenols is 1. The van der Waals surface area contributed by atoms with Gasteiger partial charge in [-0.1, -0.05) is 37.6 Å². The molecule has 0 amide bonds. The second kappa shape index (κ2) is 4.68. The lowest BCUT2D eigenvalue weighted by molar-refractivity contribution is -0.0934. The van der Waals surface area contributed by atoms with Crippen molar-refractivity contribution in [2.24, 2.45) is 23.7 Å². The molecule has 3 unspecified atom stereocenters. The second-order valence-corrected chi connectivity index (χ2v) is 6.16. The van der Waals surface area contributed by atoms with Crippen molar-refractivity contribution in [2.75, 3.05) is 6.61 Å². The van der Waals surface area contributed by atoms with E-state index in [0.717, 1.165) is 6.61 Å². The molecule has 2 nitrogen and oxygen atoms in total. The predicted molar refractivity (Wildman–Crippen MR) is 75.9 cm³/mol. The van der Waals surface area contributed by atoms with Crippen LogP contribution in [0, 0.1) is 23.7 Å². The molecule has 1 saturated heterocycles. The topological polar surface area (TPSA) is 29.5 Å². The van der Waals surface area contributed by atoms with Crippen molar-refractivity contribution in [1.29, 1.82) is 0 Å². The molecule has 2 heteroatoms. The van der Waals surface area contributed by atoms with Crippen molar-refractivity contribution < 1.29 is 9.84 Å². The van der Waals surface area contributed by atoms with Gasteiger partial charge < -0.3 is 9.84 Å². The molecule has 3 rings (SSSR count). The average molecular weight is 258 g/mol. The van der Waals surface area contributed by atoms with Crippen LogP contribution in [0.1, 0.15) is 32.4 Å². The Bertz CT molecular complexity index is 488. The first-order chi connectivity index (χ1) is 9.08. The molecule has 0 radical (unpaired) electrons. The fraction of sp³-hybridized carbons (Fsp3) is 0.529. The van der Waals surface area contributed by atoms with E-state index in [4.69, 9.17) is 4.74 Å². The van der Waals surface area contributed by atoms with Crippen LogP contribution in [0.2, 0.25) is 0 Å². The zero-order valence-electron chi connectivity index (χ0n) is 11.8. The Morgan fingerprint density at radius 1 is 1.16 bits per heavy atom. The molecule has 5 atom stereocenters. The van der Waals surface area contributed by atoms with Crippen molar-refractivity contribution in [1.82, 2.24) is 0 Å². The van der Waals surface area contributed by atoms with Gasteiger partial charge in [0.1, 0.15) is 5.75 Å². The highest BCUT2D eigenvalue weighted by Gasteiger charge is 2.43. The zero-order chi connectivity index (χ0) is 13.6. The van der Waals surface area contributed by atoms with Gasteiger partial charge in [-0.25, -0.2) is 0 Å². The SMILES string of the molecule is CC1=CC(C)[C@@H]2COC(c3ccc(O)cc3)[C@H]1C2C. The summed E-state index contributed by atoms with van der Waals surface area (Å²) < 4.78 is 6.16. The molecular weight excluding hydrogens is 236 g/mol. The lowest BCUT2D eigenvalue weighted by Gasteiger charge is -2.47. The number of phenolic OH excluding ortho intramolecular Hbond substituents is 1. The van der Waals surface area contributed by atoms with Gasteiger partial charge in [0.2, 0.25) is 0 Å². The fourth-order valence-electron chi connectivity index (χ4n) is 3.91. The Hall–Kier alpha value is -1.28. The summed E-state index contributed by atoms with van der Waals surface area (Å²) in [7, 11) is 0. The molecule has 1 heterocycles. The summed E-state index contributed by atoms with van der Waals surface area (Å²) >= 11 is 0.